The van der Waals surface area contributed by atoms with Gasteiger partial charge >= 0.3 is 0 Å². The molecule has 1 saturated carbocycles. The van der Waals surface area contributed by atoms with E-state index in [9.17, 15) is 5.11 Å². The van der Waals surface area contributed by atoms with Gasteiger partial charge in [0.05, 0.1) is 10.5 Å². The van der Waals surface area contributed by atoms with Gasteiger partial charge in [0, 0.05) is 44.4 Å². The average molecular weight is 331 g/mol. The van der Waals surface area contributed by atoms with Gasteiger partial charge in [-0.2, -0.15) is 5.10 Å². The number of likely N-dealkylation sites (tertiary alicyclic amines) is 1. The molecule has 1 aliphatic heterocycles. The van der Waals surface area contributed by atoms with Gasteiger partial charge in [0.15, 0.2) is 0 Å². The van der Waals surface area contributed by atoms with Gasteiger partial charge in [0.25, 0.3) is 0 Å². The van der Waals surface area contributed by atoms with Crippen molar-refractivity contribution in [1.29, 1.82) is 0 Å². The number of fused-ring (bicyclic) bond motifs is 1. The molecule has 3 heterocycles. The predicted octanol–water partition coefficient (Wildman–Crippen LogP) is 3.28. The summed E-state index contributed by atoms with van der Waals surface area (Å²) in [6.45, 7) is 2.95. The number of piperidine rings is 1. The molecule has 1 N–H and O–H groups in total. The van der Waals surface area contributed by atoms with Crippen LogP contribution in [0.15, 0.2) is 23.7 Å². The van der Waals surface area contributed by atoms with Crippen molar-refractivity contribution in [3.8, 4) is 10.6 Å². The molecule has 0 bridgehead atoms. The standard InChI is InChI=1S/C18H25N3OS/c1-20-11-14(17(19-20)16-6-4-10-23-16)12-21-9-8-18(22)7-3-2-5-15(18)13-21/h4,6,10-11,15,22H,2-3,5,7-9,12-13H2,1H3. The van der Waals surface area contributed by atoms with Gasteiger partial charge in [0.1, 0.15) is 5.69 Å². The third-order valence-electron chi connectivity index (χ3n) is 5.56. The highest BCUT2D eigenvalue weighted by molar-refractivity contribution is 7.13. The Balaban J connectivity index is 1.51. The Bertz CT molecular complexity index is 666. The largest absolute Gasteiger partial charge is 0.390 e. The Kier molecular flexibility index (Phi) is 4.03. The Morgan fingerprint density at radius 1 is 1.39 bits per heavy atom. The molecule has 4 rings (SSSR count). The summed E-state index contributed by atoms with van der Waals surface area (Å²) in [5.41, 5.74) is 2.03. The summed E-state index contributed by atoms with van der Waals surface area (Å²) in [5, 5.41) is 17.6. The van der Waals surface area contributed by atoms with Crippen LogP contribution in [0, 0.1) is 5.92 Å². The second-order valence-corrected chi connectivity index (χ2v) is 8.13. The lowest BCUT2D eigenvalue weighted by atomic mass is 9.71. The second kappa shape index (κ2) is 6.04. The van der Waals surface area contributed by atoms with Crippen molar-refractivity contribution in [2.75, 3.05) is 13.1 Å². The molecule has 2 aromatic rings. The van der Waals surface area contributed by atoms with E-state index in [-0.39, 0.29) is 5.60 Å². The van der Waals surface area contributed by atoms with Crippen molar-refractivity contribution in [3.63, 3.8) is 0 Å². The van der Waals surface area contributed by atoms with E-state index in [1.54, 1.807) is 11.3 Å². The topological polar surface area (TPSA) is 41.3 Å². The highest BCUT2D eigenvalue weighted by Crippen LogP contribution is 2.40. The SMILES string of the molecule is Cn1cc(CN2CCC3(O)CCCCC3C2)c(-c2cccs2)n1. The first-order valence-electron chi connectivity index (χ1n) is 8.65. The molecule has 0 amide bonds. The minimum Gasteiger partial charge on any atom is -0.390 e. The molecule has 124 valence electrons. The van der Waals surface area contributed by atoms with E-state index in [1.807, 2.05) is 11.7 Å². The number of hydrogen-bond donors (Lipinski definition) is 1. The molecule has 2 aliphatic rings. The van der Waals surface area contributed by atoms with Gasteiger partial charge in [0.2, 0.25) is 0 Å². The Hall–Kier alpha value is -1.17. The maximum absolute atomic E-state index is 10.8. The lowest BCUT2D eigenvalue weighted by molar-refractivity contribution is -0.0967. The predicted molar refractivity (Wildman–Crippen MR) is 93.3 cm³/mol. The van der Waals surface area contributed by atoms with Crippen LogP contribution in [0.3, 0.4) is 0 Å². The summed E-state index contributed by atoms with van der Waals surface area (Å²) in [7, 11) is 2.00. The quantitative estimate of drug-likeness (QED) is 0.938. The van der Waals surface area contributed by atoms with Crippen molar-refractivity contribution in [1.82, 2.24) is 14.7 Å². The minimum atomic E-state index is -0.389. The van der Waals surface area contributed by atoms with E-state index < -0.39 is 0 Å². The van der Waals surface area contributed by atoms with Gasteiger partial charge in [-0.1, -0.05) is 18.9 Å². The number of aromatic nitrogens is 2. The van der Waals surface area contributed by atoms with Gasteiger partial charge in [-0.15, -0.1) is 11.3 Å². The summed E-state index contributed by atoms with van der Waals surface area (Å²) < 4.78 is 1.92. The number of aryl methyl sites for hydroxylation is 1. The zero-order valence-electron chi connectivity index (χ0n) is 13.7. The molecule has 4 nitrogen and oxygen atoms in total. The van der Waals surface area contributed by atoms with Crippen LogP contribution >= 0.6 is 11.3 Å². The van der Waals surface area contributed by atoms with Crippen molar-refractivity contribution >= 4 is 11.3 Å². The second-order valence-electron chi connectivity index (χ2n) is 7.19. The van der Waals surface area contributed by atoms with E-state index in [0.29, 0.717) is 5.92 Å². The molecule has 0 radical (unpaired) electrons. The maximum Gasteiger partial charge on any atom is 0.107 e. The molecule has 1 saturated heterocycles. The molecule has 2 aromatic heterocycles. The van der Waals surface area contributed by atoms with Gasteiger partial charge < -0.3 is 5.11 Å². The molecular formula is C18H25N3OS. The molecule has 0 spiro atoms. The summed E-state index contributed by atoms with van der Waals surface area (Å²) in [6.07, 6.45) is 7.71. The van der Waals surface area contributed by atoms with E-state index >= 15 is 0 Å². The number of aliphatic hydroxyl groups is 1. The Morgan fingerprint density at radius 2 is 2.30 bits per heavy atom. The van der Waals surface area contributed by atoms with Crippen molar-refractivity contribution in [2.45, 2.75) is 44.2 Å². The van der Waals surface area contributed by atoms with E-state index in [0.717, 1.165) is 38.2 Å². The summed E-state index contributed by atoms with van der Waals surface area (Å²) in [5.74, 6) is 0.451. The monoisotopic (exact) mass is 331 g/mol. The van der Waals surface area contributed by atoms with Crippen LogP contribution in [0.25, 0.3) is 10.6 Å². The van der Waals surface area contributed by atoms with Crippen LogP contribution in [0.2, 0.25) is 0 Å². The molecule has 5 heteroatoms. The fraction of sp³-hybridized carbons (Fsp3) is 0.611. The van der Waals surface area contributed by atoms with Gasteiger partial charge in [-0.3, -0.25) is 9.58 Å². The van der Waals surface area contributed by atoms with Crippen LogP contribution in [-0.2, 0) is 13.6 Å². The van der Waals surface area contributed by atoms with Crippen LogP contribution in [0.1, 0.15) is 37.7 Å². The maximum atomic E-state index is 10.8. The summed E-state index contributed by atoms with van der Waals surface area (Å²) >= 11 is 1.75. The molecule has 23 heavy (non-hydrogen) atoms. The fourth-order valence-electron chi connectivity index (χ4n) is 4.30. The van der Waals surface area contributed by atoms with Crippen LogP contribution in [0.4, 0.5) is 0 Å². The van der Waals surface area contributed by atoms with Crippen molar-refractivity contribution in [2.24, 2.45) is 13.0 Å². The molecule has 1 aliphatic carbocycles. The normalized spacial score (nSPS) is 28.7. The van der Waals surface area contributed by atoms with Crippen molar-refractivity contribution < 1.29 is 5.11 Å². The number of hydrogen-bond acceptors (Lipinski definition) is 4. The fourth-order valence-corrected chi connectivity index (χ4v) is 5.04. The first-order valence-corrected chi connectivity index (χ1v) is 9.53. The minimum absolute atomic E-state index is 0.389. The number of thiophene rings is 1. The summed E-state index contributed by atoms with van der Waals surface area (Å²) in [4.78, 5) is 3.75. The number of rotatable bonds is 3. The average Bonchev–Trinajstić information content (AvgIpc) is 3.17. The van der Waals surface area contributed by atoms with Gasteiger partial charge in [-0.25, -0.2) is 0 Å². The first-order chi connectivity index (χ1) is 11.1. The van der Waals surface area contributed by atoms with E-state index in [1.165, 1.54) is 29.7 Å². The lowest BCUT2D eigenvalue weighted by Gasteiger charge is -2.47. The van der Waals surface area contributed by atoms with Gasteiger partial charge in [-0.05, 0) is 30.7 Å². The molecule has 2 fully saturated rings. The molecular weight excluding hydrogens is 306 g/mol. The highest BCUT2D eigenvalue weighted by atomic mass is 32.1. The molecule has 0 aromatic carbocycles. The van der Waals surface area contributed by atoms with E-state index in [2.05, 4.69) is 33.7 Å². The zero-order chi connectivity index (χ0) is 15.9. The number of nitrogens with zero attached hydrogens (tertiary/aromatic N) is 3. The molecule has 2 unspecified atom stereocenters. The third-order valence-corrected chi connectivity index (χ3v) is 6.44. The van der Waals surface area contributed by atoms with Crippen LogP contribution in [0.5, 0.6) is 0 Å². The lowest BCUT2D eigenvalue weighted by Crippen LogP contribution is -2.52. The van der Waals surface area contributed by atoms with Crippen molar-refractivity contribution in [3.05, 3.63) is 29.3 Å². The van der Waals surface area contributed by atoms with Crippen LogP contribution < -0.4 is 0 Å². The third kappa shape index (κ3) is 2.97. The summed E-state index contributed by atoms with van der Waals surface area (Å²) in [6, 6.07) is 4.23. The highest BCUT2D eigenvalue weighted by Gasteiger charge is 2.42. The first kappa shape index (κ1) is 15.4. The van der Waals surface area contributed by atoms with E-state index in [4.69, 9.17) is 0 Å². The smallest absolute Gasteiger partial charge is 0.107 e. The van der Waals surface area contributed by atoms with Crippen LogP contribution in [-0.4, -0.2) is 38.5 Å². The molecule has 2 atom stereocenters. The Labute approximate surface area is 141 Å². The zero-order valence-corrected chi connectivity index (χ0v) is 14.6. The Morgan fingerprint density at radius 3 is 3.13 bits per heavy atom.